The van der Waals surface area contributed by atoms with Gasteiger partial charge >= 0.3 is 13.8 Å². The van der Waals surface area contributed by atoms with Crippen LogP contribution in [0, 0.1) is 0 Å². The van der Waals surface area contributed by atoms with Crippen LogP contribution in [0.3, 0.4) is 0 Å². The fourth-order valence-corrected chi connectivity index (χ4v) is 2.65. The molecule has 1 saturated heterocycles. The van der Waals surface area contributed by atoms with Gasteiger partial charge in [0.2, 0.25) is 5.82 Å². The predicted octanol–water partition coefficient (Wildman–Crippen LogP) is -2.04. The zero-order valence-corrected chi connectivity index (χ0v) is 11.8. The van der Waals surface area contributed by atoms with E-state index in [1.54, 1.807) is 0 Å². The third kappa shape index (κ3) is 3.28. The van der Waals surface area contributed by atoms with E-state index in [4.69, 9.17) is 30.5 Å². The molecule has 0 saturated carbocycles. The van der Waals surface area contributed by atoms with Crippen molar-refractivity contribution in [2.75, 3.05) is 12.3 Å². The van der Waals surface area contributed by atoms with Gasteiger partial charge in [0, 0.05) is 0 Å². The summed E-state index contributed by atoms with van der Waals surface area (Å²) in [5.41, 5.74) is 5.36. The van der Waals surface area contributed by atoms with E-state index in [2.05, 4.69) is 14.5 Å². The summed E-state index contributed by atoms with van der Waals surface area (Å²) in [5, 5.41) is 27.8. The van der Waals surface area contributed by atoms with Crippen molar-refractivity contribution in [3.05, 3.63) is 11.5 Å². The molecule has 1 aliphatic rings. The third-order valence-corrected chi connectivity index (χ3v) is 3.53. The Bertz CT molecular complexity index is 613. The van der Waals surface area contributed by atoms with Crippen LogP contribution in [0.5, 0.6) is 0 Å². The minimum atomic E-state index is -4.99. The van der Waals surface area contributed by atoms with Crippen LogP contribution in [0.2, 0.25) is 0 Å². The number of hydrogen-bond acceptors (Lipinski definition) is 8. The topological polar surface area (TPSA) is 208 Å². The number of phosphoric ester groups is 1. The number of rotatable bonds is 5. The van der Waals surface area contributed by atoms with Gasteiger partial charge in [-0.25, -0.2) is 14.3 Å². The molecule has 8 N–H and O–H groups in total. The number of ether oxygens (including phenoxy) is 1. The van der Waals surface area contributed by atoms with E-state index < -0.39 is 50.6 Å². The quantitative estimate of drug-likeness (QED) is 0.290. The van der Waals surface area contributed by atoms with Crippen molar-refractivity contribution in [1.29, 1.82) is 0 Å². The lowest BCUT2D eigenvalue weighted by Crippen LogP contribution is -2.34. The Morgan fingerprint density at radius 1 is 1.50 bits per heavy atom. The number of aromatic amines is 1. The van der Waals surface area contributed by atoms with Gasteiger partial charge < -0.3 is 40.6 Å². The summed E-state index contributed by atoms with van der Waals surface area (Å²) in [7, 11) is -4.99. The van der Waals surface area contributed by atoms with Gasteiger partial charge in [-0.15, -0.1) is 0 Å². The van der Waals surface area contributed by atoms with Crippen LogP contribution in [0.15, 0.2) is 0 Å². The second kappa shape index (κ2) is 5.93. The Hall–Kier alpha value is -1.53. The van der Waals surface area contributed by atoms with E-state index >= 15 is 0 Å². The highest BCUT2D eigenvalue weighted by molar-refractivity contribution is 7.46. The van der Waals surface area contributed by atoms with Crippen LogP contribution >= 0.6 is 7.82 Å². The Morgan fingerprint density at radius 2 is 2.14 bits per heavy atom. The molecule has 12 nitrogen and oxygen atoms in total. The maximum atomic E-state index is 11.0. The summed E-state index contributed by atoms with van der Waals surface area (Å²) in [4.78, 5) is 34.5. The molecule has 2 rings (SSSR count). The summed E-state index contributed by atoms with van der Waals surface area (Å²) in [6.45, 7) is -0.658. The van der Waals surface area contributed by atoms with Gasteiger partial charge in [-0.2, -0.15) is 0 Å². The molecule has 124 valence electrons. The molecule has 0 amide bonds. The highest BCUT2D eigenvalue weighted by atomic mass is 31.2. The first-order chi connectivity index (χ1) is 10.1. The molecule has 22 heavy (non-hydrogen) atoms. The number of nitrogens with zero attached hydrogens (tertiary/aromatic N) is 1. The second-order valence-electron chi connectivity index (χ2n) is 4.52. The van der Waals surface area contributed by atoms with Gasteiger partial charge in [-0.1, -0.05) is 0 Å². The monoisotopic (exact) mass is 339 g/mol. The number of carbonyl (C=O) groups is 1. The number of carboxylic acid groups (broad SMARTS) is 1. The first kappa shape index (κ1) is 16.8. The van der Waals surface area contributed by atoms with E-state index in [9.17, 15) is 14.5 Å². The van der Waals surface area contributed by atoms with E-state index in [-0.39, 0.29) is 11.5 Å². The van der Waals surface area contributed by atoms with Gasteiger partial charge in [-0.3, -0.25) is 4.52 Å². The van der Waals surface area contributed by atoms with E-state index in [0.29, 0.717) is 0 Å². The normalized spacial score (nSPS) is 28.9. The van der Waals surface area contributed by atoms with Crippen molar-refractivity contribution in [2.45, 2.75) is 24.4 Å². The van der Waals surface area contributed by atoms with Crippen molar-refractivity contribution in [2.24, 2.45) is 0 Å². The predicted molar refractivity (Wildman–Crippen MR) is 67.6 cm³/mol. The Kier molecular flexibility index (Phi) is 4.54. The Labute approximate surface area is 122 Å². The summed E-state index contributed by atoms with van der Waals surface area (Å²) < 4.78 is 20.7. The Balaban J connectivity index is 2.37. The number of aliphatic hydroxyl groups is 2. The molecule has 0 bridgehead atoms. The van der Waals surface area contributed by atoms with Crippen LogP contribution in [0.1, 0.15) is 22.4 Å². The van der Waals surface area contributed by atoms with E-state index in [1.165, 1.54) is 0 Å². The summed E-state index contributed by atoms with van der Waals surface area (Å²) in [6, 6.07) is 0. The molecule has 0 spiro atoms. The number of hydrogen-bond donors (Lipinski definition) is 7. The number of imidazole rings is 1. The fourth-order valence-electron chi connectivity index (χ4n) is 2.10. The number of anilines is 1. The number of phosphoric acid groups is 1. The number of aliphatic hydroxyl groups excluding tert-OH is 2. The molecule has 2 heterocycles. The van der Waals surface area contributed by atoms with Crippen LogP contribution in [-0.2, 0) is 13.8 Å². The maximum Gasteiger partial charge on any atom is 0.470 e. The number of nitrogens with two attached hydrogens (primary N) is 1. The molecule has 1 aromatic heterocycles. The van der Waals surface area contributed by atoms with Crippen LogP contribution in [-0.4, -0.2) is 66.0 Å². The number of nitrogen functional groups attached to an aromatic ring is 1. The third-order valence-electron chi connectivity index (χ3n) is 3.01. The number of H-pyrrole nitrogens is 1. The lowest BCUT2D eigenvalue weighted by molar-refractivity contribution is -0.0236. The fraction of sp³-hybridized carbons (Fsp3) is 0.556. The minimum Gasteiger partial charge on any atom is -0.475 e. The highest BCUT2D eigenvalue weighted by Gasteiger charge is 2.49. The average molecular weight is 339 g/mol. The van der Waals surface area contributed by atoms with E-state index in [0.717, 1.165) is 0 Å². The average Bonchev–Trinajstić information content (AvgIpc) is 2.91. The van der Waals surface area contributed by atoms with Crippen molar-refractivity contribution in [3.63, 3.8) is 0 Å². The number of nitrogens with one attached hydrogen (secondary N) is 1. The van der Waals surface area contributed by atoms with Gasteiger partial charge in [0.25, 0.3) is 0 Å². The molecule has 0 aliphatic carbocycles. The number of aromatic nitrogens is 2. The molecule has 1 aromatic rings. The molecular weight excluding hydrogens is 325 g/mol. The smallest absolute Gasteiger partial charge is 0.470 e. The lowest BCUT2D eigenvalue weighted by Gasteiger charge is -2.20. The van der Waals surface area contributed by atoms with Gasteiger partial charge in [0.1, 0.15) is 35.9 Å². The summed E-state index contributed by atoms with van der Waals surface area (Å²) >= 11 is 0. The lowest BCUT2D eigenvalue weighted by atomic mass is 10.1. The molecule has 4 atom stereocenters. The summed E-state index contributed by atoms with van der Waals surface area (Å²) in [6.07, 6.45) is -5.74. The Morgan fingerprint density at radius 3 is 2.59 bits per heavy atom. The molecule has 1 unspecified atom stereocenters. The molecule has 1 fully saturated rings. The first-order valence-electron chi connectivity index (χ1n) is 5.91. The van der Waals surface area contributed by atoms with Crippen molar-refractivity contribution in [1.82, 2.24) is 9.97 Å². The van der Waals surface area contributed by atoms with Gasteiger partial charge in [-0.05, 0) is 0 Å². The zero-order chi connectivity index (χ0) is 16.7. The number of carboxylic acids is 1. The minimum absolute atomic E-state index is 0.203. The van der Waals surface area contributed by atoms with Crippen LogP contribution in [0.25, 0.3) is 0 Å². The summed E-state index contributed by atoms with van der Waals surface area (Å²) in [5.74, 6) is -2.16. The van der Waals surface area contributed by atoms with Crippen molar-refractivity contribution in [3.8, 4) is 0 Å². The first-order valence-corrected chi connectivity index (χ1v) is 7.44. The molecule has 1 aliphatic heterocycles. The van der Waals surface area contributed by atoms with Crippen LogP contribution < -0.4 is 5.73 Å². The van der Waals surface area contributed by atoms with Crippen molar-refractivity contribution >= 4 is 19.6 Å². The van der Waals surface area contributed by atoms with E-state index in [1.807, 2.05) is 0 Å². The van der Waals surface area contributed by atoms with Gasteiger partial charge in [0.15, 0.2) is 0 Å². The number of aromatic carboxylic acids is 1. The molecule has 0 aromatic carbocycles. The molecule has 13 heteroatoms. The maximum absolute atomic E-state index is 11.0. The SMILES string of the molecule is Nc1[nH]c(C(=O)O)nc1C1O[C@H](CO)[C@@H](O)[C@H]1OP(=O)(O)O. The highest BCUT2D eigenvalue weighted by Crippen LogP contribution is 2.46. The standard InChI is InChI=1S/C9H14N3O9P/c10-7-3(11-8(12-7)9(15)16)5-6(21-22(17,18)19)4(14)2(1-13)20-5/h2,4-6,13-14H,1,10H2,(H,11,12)(H,15,16)(H2,17,18,19)/t2-,4-,5?,6-/m1/s1. The second-order valence-corrected chi connectivity index (χ2v) is 5.71. The van der Waals surface area contributed by atoms with Gasteiger partial charge in [0.05, 0.1) is 6.61 Å². The molecular formula is C9H14N3O9P. The van der Waals surface area contributed by atoms with Crippen molar-refractivity contribution < 1.29 is 43.7 Å². The zero-order valence-electron chi connectivity index (χ0n) is 10.9. The molecule has 0 radical (unpaired) electrons. The largest absolute Gasteiger partial charge is 0.475 e. The van der Waals surface area contributed by atoms with Crippen LogP contribution in [0.4, 0.5) is 5.82 Å².